The molecule has 6 rings (SSSR count). The molecule has 3 fully saturated rings. The first-order chi connectivity index (χ1) is 15.2. The second-order valence-electron chi connectivity index (χ2n) is 9.55. The molecule has 9 heteroatoms. The molecule has 31 heavy (non-hydrogen) atoms. The second-order valence-corrected chi connectivity index (χ2v) is 10.3. The fourth-order valence-corrected chi connectivity index (χ4v) is 5.95. The molecule has 4 heterocycles. The van der Waals surface area contributed by atoms with Gasteiger partial charge in [-0.25, -0.2) is 4.68 Å². The van der Waals surface area contributed by atoms with Crippen molar-refractivity contribution in [2.75, 3.05) is 19.7 Å². The van der Waals surface area contributed by atoms with Crippen molar-refractivity contribution in [2.45, 2.75) is 44.4 Å². The Hall–Kier alpha value is -2.10. The summed E-state index contributed by atoms with van der Waals surface area (Å²) in [7, 11) is 1.93. The van der Waals surface area contributed by atoms with E-state index in [-0.39, 0.29) is 12.1 Å². The van der Waals surface area contributed by atoms with E-state index in [0.29, 0.717) is 11.8 Å². The zero-order valence-electron chi connectivity index (χ0n) is 17.9. The zero-order valence-corrected chi connectivity index (χ0v) is 18.7. The Morgan fingerprint density at radius 3 is 2.71 bits per heavy atom. The van der Waals surface area contributed by atoms with Crippen LogP contribution >= 0.6 is 11.3 Å². The SMILES string of the molecule is Cn1cc(CN2C[C@H]3C[C@@H](n4cc(-c5ccsc5)nn4)[C@H](OCC4CC4)C[C@H]3C2)nn1. The van der Waals surface area contributed by atoms with Crippen LogP contribution in [0.5, 0.6) is 0 Å². The minimum atomic E-state index is 0.218. The summed E-state index contributed by atoms with van der Waals surface area (Å²) in [6.07, 6.45) is 9.20. The summed E-state index contributed by atoms with van der Waals surface area (Å²) in [6.45, 7) is 4.01. The van der Waals surface area contributed by atoms with E-state index in [1.807, 2.05) is 13.2 Å². The third-order valence-corrected chi connectivity index (χ3v) is 7.79. The van der Waals surface area contributed by atoms with Gasteiger partial charge in [0.05, 0.1) is 24.0 Å². The van der Waals surface area contributed by atoms with Crippen LogP contribution in [0.2, 0.25) is 0 Å². The molecule has 0 amide bonds. The molecule has 3 aromatic rings. The van der Waals surface area contributed by atoms with Gasteiger partial charge in [-0.05, 0) is 54.9 Å². The molecule has 0 N–H and O–H groups in total. The minimum Gasteiger partial charge on any atom is -0.376 e. The first kappa shape index (κ1) is 19.6. The van der Waals surface area contributed by atoms with Gasteiger partial charge >= 0.3 is 0 Å². The molecule has 2 saturated carbocycles. The lowest BCUT2D eigenvalue weighted by Gasteiger charge is -2.37. The number of hydrogen-bond donors (Lipinski definition) is 0. The van der Waals surface area contributed by atoms with E-state index in [2.05, 4.69) is 53.2 Å². The van der Waals surface area contributed by atoms with Crippen LogP contribution in [0.3, 0.4) is 0 Å². The summed E-state index contributed by atoms with van der Waals surface area (Å²) in [5.41, 5.74) is 3.16. The van der Waals surface area contributed by atoms with Crippen molar-refractivity contribution in [3.8, 4) is 11.3 Å². The highest BCUT2D eigenvalue weighted by atomic mass is 32.1. The molecular weight excluding hydrogens is 410 g/mol. The van der Waals surface area contributed by atoms with Crippen LogP contribution in [0.4, 0.5) is 0 Å². The lowest BCUT2D eigenvalue weighted by Crippen LogP contribution is -2.38. The summed E-state index contributed by atoms with van der Waals surface area (Å²) in [5, 5.41) is 21.6. The molecular formula is C22H29N7OS. The van der Waals surface area contributed by atoms with Crippen LogP contribution in [-0.4, -0.2) is 60.7 Å². The topological polar surface area (TPSA) is 73.9 Å². The van der Waals surface area contributed by atoms with Crippen LogP contribution < -0.4 is 0 Å². The number of nitrogens with zero attached hydrogens (tertiary/aromatic N) is 7. The molecule has 1 aliphatic heterocycles. The number of fused-ring (bicyclic) bond motifs is 1. The molecule has 0 unspecified atom stereocenters. The van der Waals surface area contributed by atoms with Crippen LogP contribution in [-0.2, 0) is 18.3 Å². The third-order valence-electron chi connectivity index (χ3n) is 7.11. The van der Waals surface area contributed by atoms with E-state index in [0.717, 1.165) is 62.0 Å². The summed E-state index contributed by atoms with van der Waals surface area (Å²) in [4.78, 5) is 2.54. The summed E-state index contributed by atoms with van der Waals surface area (Å²) < 4.78 is 10.4. The Morgan fingerprint density at radius 1 is 1.10 bits per heavy atom. The number of aryl methyl sites for hydroxylation is 1. The van der Waals surface area contributed by atoms with E-state index >= 15 is 0 Å². The van der Waals surface area contributed by atoms with Crippen molar-refractivity contribution < 1.29 is 4.74 Å². The van der Waals surface area contributed by atoms with E-state index < -0.39 is 0 Å². The van der Waals surface area contributed by atoms with Gasteiger partial charge in [0.25, 0.3) is 0 Å². The normalized spacial score (nSPS) is 28.8. The van der Waals surface area contributed by atoms with E-state index in [1.165, 1.54) is 12.8 Å². The maximum absolute atomic E-state index is 6.51. The Balaban J connectivity index is 1.19. The zero-order chi connectivity index (χ0) is 20.8. The van der Waals surface area contributed by atoms with Gasteiger partial charge in [-0.2, -0.15) is 11.3 Å². The minimum absolute atomic E-state index is 0.218. The van der Waals surface area contributed by atoms with Crippen molar-refractivity contribution in [3.05, 3.63) is 34.9 Å². The van der Waals surface area contributed by atoms with Crippen molar-refractivity contribution in [2.24, 2.45) is 24.8 Å². The molecule has 164 valence electrons. The molecule has 3 aliphatic rings. The smallest absolute Gasteiger partial charge is 0.113 e. The number of rotatable bonds is 7. The van der Waals surface area contributed by atoms with Crippen LogP contribution in [0.15, 0.2) is 29.2 Å². The monoisotopic (exact) mass is 439 g/mol. The second kappa shape index (κ2) is 8.11. The van der Waals surface area contributed by atoms with Gasteiger partial charge in [0.1, 0.15) is 5.69 Å². The maximum atomic E-state index is 6.51. The van der Waals surface area contributed by atoms with Crippen LogP contribution in [0.25, 0.3) is 11.3 Å². The van der Waals surface area contributed by atoms with Crippen LogP contribution in [0.1, 0.15) is 37.4 Å². The number of aromatic nitrogens is 6. The summed E-state index contributed by atoms with van der Waals surface area (Å²) >= 11 is 1.69. The van der Waals surface area contributed by atoms with Gasteiger partial charge in [-0.3, -0.25) is 9.58 Å². The van der Waals surface area contributed by atoms with Crippen molar-refractivity contribution in [1.82, 2.24) is 34.9 Å². The Morgan fingerprint density at radius 2 is 1.97 bits per heavy atom. The quantitative estimate of drug-likeness (QED) is 0.563. The third kappa shape index (κ3) is 4.18. The summed E-state index contributed by atoms with van der Waals surface area (Å²) in [6, 6.07) is 2.37. The largest absolute Gasteiger partial charge is 0.376 e. The van der Waals surface area contributed by atoms with Crippen molar-refractivity contribution >= 4 is 11.3 Å². The van der Waals surface area contributed by atoms with Gasteiger partial charge in [0.15, 0.2) is 0 Å². The van der Waals surface area contributed by atoms with Crippen molar-refractivity contribution in [3.63, 3.8) is 0 Å². The molecule has 0 spiro atoms. The predicted molar refractivity (Wildman–Crippen MR) is 117 cm³/mol. The number of ether oxygens (including phenoxy) is 1. The van der Waals surface area contributed by atoms with Gasteiger partial charge in [-0.15, -0.1) is 10.2 Å². The lowest BCUT2D eigenvalue weighted by molar-refractivity contribution is -0.0375. The Kier molecular flexibility index (Phi) is 5.12. The van der Waals surface area contributed by atoms with Gasteiger partial charge in [0, 0.05) is 50.4 Å². The van der Waals surface area contributed by atoms with Gasteiger partial charge in [0.2, 0.25) is 0 Å². The number of thiophene rings is 1. The fourth-order valence-electron chi connectivity index (χ4n) is 5.30. The summed E-state index contributed by atoms with van der Waals surface area (Å²) in [5.74, 6) is 2.11. The Labute approximate surface area is 186 Å². The first-order valence-electron chi connectivity index (χ1n) is 11.3. The molecule has 8 nitrogen and oxygen atoms in total. The molecule has 0 radical (unpaired) electrons. The highest BCUT2D eigenvalue weighted by Gasteiger charge is 2.44. The highest BCUT2D eigenvalue weighted by molar-refractivity contribution is 7.08. The Bertz CT molecular complexity index is 1010. The molecule has 0 aromatic carbocycles. The lowest BCUT2D eigenvalue weighted by atomic mass is 9.77. The molecule has 1 saturated heterocycles. The molecule has 3 aromatic heterocycles. The van der Waals surface area contributed by atoms with E-state index in [9.17, 15) is 0 Å². The molecule has 0 bridgehead atoms. The predicted octanol–water partition coefficient (Wildman–Crippen LogP) is 3.01. The average Bonchev–Trinajstić information content (AvgIpc) is 3.22. The van der Waals surface area contributed by atoms with E-state index in [1.54, 1.807) is 16.0 Å². The number of hydrogen-bond acceptors (Lipinski definition) is 7. The number of likely N-dealkylation sites (tertiary alicyclic amines) is 1. The molecule has 2 aliphatic carbocycles. The van der Waals surface area contributed by atoms with Gasteiger partial charge in [-0.1, -0.05) is 10.4 Å². The highest BCUT2D eigenvalue weighted by Crippen LogP contribution is 2.43. The standard InChI is InChI=1S/C22H29N7OS/c1-27-10-19(23-25-27)11-28-8-17-6-21(22(7-18(17)9-28)30-13-15-2-3-15)29-12-20(24-26-29)16-4-5-31-14-16/h4-5,10,12,14-15,17-18,21-22H,2-3,6-9,11,13H2,1H3/t17-,18+,21-,22-/m1/s1. The van der Waals surface area contributed by atoms with E-state index in [4.69, 9.17) is 4.74 Å². The van der Waals surface area contributed by atoms with Crippen LogP contribution in [0, 0.1) is 17.8 Å². The van der Waals surface area contributed by atoms with Crippen molar-refractivity contribution in [1.29, 1.82) is 0 Å². The molecule has 4 atom stereocenters. The first-order valence-corrected chi connectivity index (χ1v) is 12.3. The van der Waals surface area contributed by atoms with Gasteiger partial charge < -0.3 is 4.74 Å². The maximum Gasteiger partial charge on any atom is 0.113 e. The fraction of sp³-hybridized carbons (Fsp3) is 0.636. The average molecular weight is 440 g/mol.